The molecule has 0 saturated carbocycles. The van der Waals surface area contributed by atoms with E-state index >= 15 is 0 Å². The standard InChI is InChI=1S/C17H22N4O5S3/c1-20(2)28(23,24)14-7-5-6-13(10-14)19-16(22)12-27-17-9-8-15(11-18-17)29(25,26)21(3)4/h5-11H,12H2,1-4H3,(H,19,22). The van der Waals surface area contributed by atoms with Crippen molar-refractivity contribution < 1.29 is 21.6 Å². The van der Waals surface area contributed by atoms with Gasteiger partial charge in [-0.05, 0) is 30.3 Å². The summed E-state index contributed by atoms with van der Waals surface area (Å²) >= 11 is 1.13. The number of carbonyl (C=O) groups is 1. The number of amides is 1. The first kappa shape index (κ1) is 23.3. The highest BCUT2D eigenvalue weighted by atomic mass is 32.2. The molecule has 29 heavy (non-hydrogen) atoms. The number of nitrogens with one attached hydrogen (secondary N) is 1. The first-order valence-electron chi connectivity index (χ1n) is 8.28. The second-order valence-corrected chi connectivity index (χ2v) is 11.6. The monoisotopic (exact) mass is 458 g/mol. The Hall–Kier alpha value is -1.99. The molecule has 158 valence electrons. The number of anilines is 1. The maximum Gasteiger partial charge on any atom is 0.244 e. The zero-order valence-electron chi connectivity index (χ0n) is 16.4. The van der Waals surface area contributed by atoms with Crippen LogP contribution in [0.1, 0.15) is 0 Å². The third kappa shape index (κ3) is 5.76. The van der Waals surface area contributed by atoms with Crippen LogP contribution < -0.4 is 5.32 Å². The maximum absolute atomic E-state index is 12.2. The van der Waals surface area contributed by atoms with Crippen LogP contribution in [-0.2, 0) is 24.8 Å². The number of aromatic nitrogens is 1. The van der Waals surface area contributed by atoms with E-state index in [9.17, 15) is 21.6 Å². The smallest absolute Gasteiger partial charge is 0.244 e. The van der Waals surface area contributed by atoms with E-state index in [1.165, 1.54) is 58.7 Å². The van der Waals surface area contributed by atoms with Gasteiger partial charge in [0.15, 0.2) is 0 Å². The molecule has 1 aromatic carbocycles. The van der Waals surface area contributed by atoms with Crippen molar-refractivity contribution in [1.29, 1.82) is 0 Å². The van der Waals surface area contributed by atoms with Gasteiger partial charge in [0.25, 0.3) is 0 Å². The minimum Gasteiger partial charge on any atom is -0.325 e. The summed E-state index contributed by atoms with van der Waals surface area (Å²) in [6.07, 6.45) is 1.24. The summed E-state index contributed by atoms with van der Waals surface area (Å²) in [5, 5.41) is 3.13. The molecular formula is C17H22N4O5S3. The summed E-state index contributed by atoms with van der Waals surface area (Å²) in [5.41, 5.74) is 0.360. The molecule has 0 radical (unpaired) electrons. The highest BCUT2D eigenvalue weighted by molar-refractivity contribution is 7.99. The number of carbonyl (C=O) groups excluding carboxylic acids is 1. The molecule has 0 aliphatic rings. The Balaban J connectivity index is 2.01. The van der Waals surface area contributed by atoms with Crippen LogP contribution in [0.15, 0.2) is 57.4 Å². The second kappa shape index (κ2) is 9.22. The molecule has 1 heterocycles. The van der Waals surface area contributed by atoms with E-state index in [-0.39, 0.29) is 21.5 Å². The first-order valence-corrected chi connectivity index (χ1v) is 12.1. The van der Waals surface area contributed by atoms with Crippen molar-refractivity contribution in [3.05, 3.63) is 42.6 Å². The minimum absolute atomic E-state index is 0.0252. The zero-order valence-corrected chi connectivity index (χ0v) is 18.8. The molecule has 0 aliphatic carbocycles. The number of nitrogens with zero attached hydrogens (tertiary/aromatic N) is 3. The Kier molecular flexibility index (Phi) is 7.40. The molecule has 0 fully saturated rings. The Labute approximate surface area is 175 Å². The molecule has 0 bridgehead atoms. The lowest BCUT2D eigenvalue weighted by Gasteiger charge is -2.12. The van der Waals surface area contributed by atoms with Gasteiger partial charge in [-0.15, -0.1) is 0 Å². The summed E-state index contributed by atoms with van der Waals surface area (Å²) in [6, 6.07) is 8.93. The van der Waals surface area contributed by atoms with Crippen LogP contribution in [0.25, 0.3) is 0 Å². The summed E-state index contributed by atoms with van der Waals surface area (Å²) in [6.45, 7) is 0. The first-order chi connectivity index (χ1) is 13.4. The van der Waals surface area contributed by atoms with Gasteiger partial charge in [0.1, 0.15) is 4.90 Å². The molecule has 0 saturated heterocycles. The topological polar surface area (TPSA) is 117 Å². The molecule has 9 nitrogen and oxygen atoms in total. The fraction of sp³-hybridized carbons (Fsp3) is 0.294. The van der Waals surface area contributed by atoms with E-state index in [1.54, 1.807) is 12.1 Å². The molecule has 0 unspecified atom stereocenters. The van der Waals surface area contributed by atoms with Gasteiger partial charge in [-0.3, -0.25) is 4.79 Å². The number of hydrogen-bond donors (Lipinski definition) is 1. The highest BCUT2D eigenvalue weighted by Crippen LogP contribution is 2.21. The molecule has 0 spiro atoms. The van der Waals surface area contributed by atoms with Gasteiger partial charge in [-0.25, -0.2) is 30.4 Å². The lowest BCUT2D eigenvalue weighted by atomic mass is 10.3. The molecular weight excluding hydrogens is 436 g/mol. The van der Waals surface area contributed by atoms with Crippen LogP contribution in [-0.4, -0.2) is 70.3 Å². The predicted octanol–water partition coefficient (Wildman–Crippen LogP) is 1.31. The van der Waals surface area contributed by atoms with E-state index in [0.29, 0.717) is 10.7 Å². The molecule has 2 aromatic rings. The van der Waals surface area contributed by atoms with Crippen molar-refractivity contribution in [2.45, 2.75) is 14.8 Å². The third-order valence-corrected chi connectivity index (χ3v) is 8.29. The average Bonchev–Trinajstić information content (AvgIpc) is 2.66. The van der Waals surface area contributed by atoms with Crippen LogP contribution in [0.3, 0.4) is 0 Å². The SMILES string of the molecule is CN(C)S(=O)(=O)c1ccc(SCC(=O)Nc2cccc(S(=O)(=O)N(C)C)c2)nc1. The van der Waals surface area contributed by atoms with Gasteiger partial charge in [-0.2, -0.15) is 0 Å². The minimum atomic E-state index is -3.60. The van der Waals surface area contributed by atoms with Crippen molar-refractivity contribution in [3.63, 3.8) is 0 Å². The summed E-state index contributed by atoms with van der Waals surface area (Å²) in [4.78, 5) is 16.4. The van der Waals surface area contributed by atoms with Crippen LogP contribution >= 0.6 is 11.8 Å². The third-order valence-electron chi connectivity index (χ3n) is 3.74. The molecule has 2 rings (SSSR count). The normalized spacial score (nSPS) is 12.3. The van der Waals surface area contributed by atoms with Crippen LogP contribution in [0.4, 0.5) is 5.69 Å². The quantitative estimate of drug-likeness (QED) is 0.593. The maximum atomic E-state index is 12.2. The number of hydrogen-bond acceptors (Lipinski definition) is 7. The summed E-state index contributed by atoms with van der Waals surface area (Å²) in [5.74, 6) is -0.321. The Bertz CT molecular complexity index is 1080. The summed E-state index contributed by atoms with van der Waals surface area (Å²) < 4.78 is 50.6. The second-order valence-electron chi connectivity index (χ2n) is 6.27. The Morgan fingerprint density at radius 1 is 0.966 bits per heavy atom. The van der Waals surface area contributed by atoms with Gasteiger partial charge < -0.3 is 5.32 Å². The van der Waals surface area contributed by atoms with E-state index in [2.05, 4.69) is 10.3 Å². The predicted molar refractivity (Wildman–Crippen MR) is 112 cm³/mol. The molecule has 1 N–H and O–H groups in total. The molecule has 1 aromatic heterocycles. The highest BCUT2D eigenvalue weighted by Gasteiger charge is 2.19. The Morgan fingerprint density at radius 2 is 1.59 bits per heavy atom. The van der Waals surface area contributed by atoms with Crippen LogP contribution in [0.2, 0.25) is 0 Å². The van der Waals surface area contributed by atoms with Gasteiger partial charge >= 0.3 is 0 Å². The lowest BCUT2D eigenvalue weighted by molar-refractivity contribution is -0.113. The van der Waals surface area contributed by atoms with Crippen molar-refractivity contribution >= 4 is 43.4 Å². The summed E-state index contributed by atoms with van der Waals surface area (Å²) in [7, 11) is -1.43. The number of sulfonamides is 2. The molecule has 1 amide bonds. The fourth-order valence-electron chi connectivity index (χ4n) is 2.10. The lowest BCUT2D eigenvalue weighted by Crippen LogP contribution is -2.22. The van der Waals surface area contributed by atoms with Crippen molar-refractivity contribution in [2.75, 3.05) is 39.3 Å². The van der Waals surface area contributed by atoms with Gasteiger partial charge in [0.2, 0.25) is 26.0 Å². The molecule has 12 heteroatoms. The number of thioether (sulfide) groups is 1. The molecule has 0 aliphatic heterocycles. The fourth-order valence-corrected chi connectivity index (χ4v) is 4.54. The van der Waals surface area contributed by atoms with E-state index < -0.39 is 20.0 Å². The van der Waals surface area contributed by atoms with E-state index in [1.807, 2.05) is 0 Å². The number of benzene rings is 1. The number of pyridine rings is 1. The Morgan fingerprint density at radius 3 is 2.14 bits per heavy atom. The largest absolute Gasteiger partial charge is 0.325 e. The molecule has 0 atom stereocenters. The van der Waals surface area contributed by atoms with Gasteiger partial charge in [0, 0.05) is 40.1 Å². The number of rotatable bonds is 8. The van der Waals surface area contributed by atoms with Crippen molar-refractivity contribution in [2.24, 2.45) is 0 Å². The zero-order chi connectivity index (χ0) is 21.8. The average molecular weight is 459 g/mol. The van der Waals surface area contributed by atoms with Crippen molar-refractivity contribution in [1.82, 2.24) is 13.6 Å². The van der Waals surface area contributed by atoms with Gasteiger partial charge in [0.05, 0.1) is 15.7 Å². The van der Waals surface area contributed by atoms with Crippen LogP contribution in [0.5, 0.6) is 0 Å². The van der Waals surface area contributed by atoms with Crippen molar-refractivity contribution in [3.8, 4) is 0 Å². The van der Waals surface area contributed by atoms with E-state index in [4.69, 9.17) is 0 Å². The van der Waals surface area contributed by atoms with E-state index in [0.717, 1.165) is 20.4 Å². The van der Waals surface area contributed by atoms with Crippen LogP contribution in [0, 0.1) is 0 Å². The van der Waals surface area contributed by atoms with Gasteiger partial charge in [-0.1, -0.05) is 17.8 Å².